The van der Waals surface area contributed by atoms with Crippen LogP contribution in [0.5, 0.6) is 0 Å². The van der Waals surface area contributed by atoms with Crippen LogP contribution in [0.3, 0.4) is 0 Å². The lowest BCUT2D eigenvalue weighted by Gasteiger charge is -2.52. The Morgan fingerprint density at radius 3 is 2.78 bits per heavy atom. The Morgan fingerprint density at radius 1 is 1.20 bits per heavy atom. The highest BCUT2D eigenvalue weighted by atomic mass is 19.3. The van der Waals surface area contributed by atoms with Crippen LogP contribution in [0.1, 0.15) is 48.7 Å². The molecule has 2 aromatic carbocycles. The highest BCUT2D eigenvalue weighted by molar-refractivity contribution is 6.00. The molecule has 1 aliphatic carbocycles. The number of allylic oxidation sites excluding steroid dienone is 1. The van der Waals surface area contributed by atoms with Gasteiger partial charge in [0.25, 0.3) is 6.43 Å². The molecule has 0 spiro atoms. The van der Waals surface area contributed by atoms with Crippen LogP contribution in [0.4, 0.5) is 20.3 Å². The highest BCUT2D eigenvalue weighted by Gasteiger charge is 2.42. The van der Waals surface area contributed by atoms with Crippen LogP contribution in [0.2, 0.25) is 0 Å². The minimum atomic E-state index is -2.67. The van der Waals surface area contributed by atoms with Crippen molar-refractivity contribution in [3.05, 3.63) is 83.0 Å². The molecular weight excluding hydrogens is 528 g/mol. The molecular formula is C30H29F2N7O2. The summed E-state index contributed by atoms with van der Waals surface area (Å²) in [6, 6.07) is 16.2. The van der Waals surface area contributed by atoms with Crippen molar-refractivity contribution in [2.24, 2.45) is 10.9 Å². The molecule has 1 unspecified atom stereocenters. The van der Waals surface area contributed by atoms with Crippen LogP contribution < -0.4 is 10.2 Å². The number of amides is 1. The topological polar surface area (TPSA) is 107 Å². The number of ether oxygens (including phenoxy) is 1. The van der Waals surface area contributed by atoms with Crippen LogP contribution in [0.25, 0.3) is 11.3 Å². The smallest absolute Gasteiger partial charge is 0.263 e. The fraction of sp³-hybridized carbons (Fsp3) is 0.300. The van der Waals surface area contributed by atoms with Gasteiger partial charge in [0.2, 0.25) is 6.41 Å². The molecule has 2 N–H and O–H groups in total. The molecule has 0 bridgehead atoms. The lowest BCUT2D eigenvalue weighted by atomic mass is 9.85. The number of nitrogens with zero attached hydrogens (tertiary/aromatic N) is 5. The second kappa shape index (κ2) is 11.1. The maximum Gasteiger partial charge on any atom is 0.263 e. The molecule has 3 aliphatic rings. The van der Waals surface area contributed by atoms with Crippen molar-refractivity contribution in [3.8, 4) is 11.3 Å². The number of benzene rings is 2. The first-order valence-electron chi connectivity index (χ1n) is 13.5. The average Bonchev–Trinajstić information content (AvgIpc) is 3.01. The number of halogens is 2. The number of nitrogens with one attached hydrogen (secondary N) is 2. The number of hydrogen-bond donors (Lipinski definition) is 2. The minimum Gasteiger partial charge on any atom is -0.494 e. The van der Waals surface area contributed by atoms with E-state index < -0.39 is 6.43 Å². The Kier molecular flexibility index (Phi) is 7.17. The summed E-state index contributed by atoms with van der Waals surface area (Å²) < 4.78 is 33.7. The second-order valence-corrected chi connectivity index (χ2v) is 10.3. The van der Waals surface area contributed by atoms with Gasteiger partial charge in [-0.05, 0) is 31.2 Å². The van der Waals surface area contributed by atoms with E-state index in [0.717, 1.165) is 30.6 Å². The van der Waals surface area contributed by atoms with E-state index in [0.29, 0.717) is 43.2 Å². The summed E-state index contributed by atoms with van der Waals surface area (Å²) in [4.78, 5) is 28.8. The van der Waals surface area contributed by atoms with Crippen molar-refractivity contribution in [2.45, 2.75) is 31.7 Å². The van der Waals surface area contributed by atoms with Crippen molar-refractivity contribution in [1.82, 2.24) is 20.2 Å². The zero-order chi connectivity index (χ0) is 28.5. The molecule has 210 valence electrons. The largest absolute Gasteiger partial charge is 0.494 e. The second-order valence-electron chi connectivity index (χ2n) is 10.3. The van der Waals surface area contributed by atoms with Gasteiger partial charge in [-0.3, -0.25) is 10.2 Å². The quantitative estimate of drug-likeness (QED) is 0.231. The Balaban J connectivity index is 1.50. The summed E-state index contributed by atoms with van der Waals surface area (Å²) in [5.74, 6) is 0.997. The van der Waals surface area contributed by atoms with E-state index in [1.807, 2.05) is 18.2 Å². The third-order valence-corrected chi connectivity index (χ3v) is 7.85. The molecule has 1 amide bonds. The summed E-state index contributed by atoms with van der Waals surface area (Å²) in [5.41, 5.74) is 3.51. The molecule has 1 fully saturated rings. The summed E-state index contributed by atoms with van der Waals surface area (Å²) in [6.07, 6.45) is 0.560. The summed E-state index contributed by atoms with van der Waals surface area (Å²) >= 11 is 0. The van der Waals surface area contributed by atoms with Gasteiger partial charge < -0.3 is 19.9 Å². The molecule has 0 radical (unpaired) electrons. The molecule has 41 heavy (non-hydrogen) atoms. The van der Waals surface area contributed by atoms with E-state index in [4.69, 9.17) is 10.1 Å². The Bertz CT molecular complexity index is 1530. The van der Waals surface area contributed by atoms with Gasteiger partial charge in [0.15, 0.2) is 17.5 Å². The third kappa shape index (κ3) is 4.92. The maximum atomic E-state index is 13.7. The molecule has 0 saturated carbocycles. The molecule has 2 atom stereocenters. The number of amidine groups is 1. The first-order valence-corrected chi connectivity index (χ1v) is 13.5. The van der Waals surface area contributed by atoms with Crippen molar-refractivity contribution in [1.29, 1.82) is 5.41 Å². The van der Waals surface area contributed by atoms with Crippen LogP contribution >= 0.6 is 0 Å². The number of anilines is 1. The van der Waals surface area contributed by atoms with E-state index in [1.165, 1.54) is 17.8 Å². The zero-order valence-corrected chi connectivity index (χ0v) is 22.3. The monoisotopic (exact) mass is 557 g/mol. The summed E-state index contributed by atoms with van der Waals surface area (Å²) in [6.45, 7) is 5.34. The first-order chi connectivity index (χ1) is 20.0. The fourth-order valence-corrected chi connectivity index (χ4v) is 6.06. The molecule has 3 aromatic rings. The maximum absolute atomic E-state index is 13.7. The van der Waals surface area contributed by atoms with Gasteiger partial charge in [-0.1, -0.05) is 48.5 Å². The summed E-state index contributed by atoms with van der Waals surface area (Å²) in [5, 5.41) is 10.5. The number of aliphatic imine (C=N–C) groups is 1. The number of alkyl halides is 2. The predicted molar refractivity (Wildman–Crippen MR) is 151 cm³/mol. The standard InChI is InChI=1S/C30H29F2N7O2/c1-34-29-26(24(36-30(37-29)28(33)35-16-40)19-9-5-10-20(13-19)27(31)32)38-14-21-11-6-12-23-25(21)39(17-38)22(15-41-23)18-7-3-2-4-8-18/h2-5,7-10,13,16,21-22,27H,1,6,11-12,14-15,17H2,(H2,33,35,40)/t21?,22-/m0/s1. The van der Waals surface area contributed by atoms with Crippen LogP contribution in [-0.4, -0.2) is 53.7 Å². The van der Waals surface area contributed by atoms with Crippen molar-refractivity contribution >= 4 is 30.5 Å². The van der Waals surface area contributed by atoms with Gasteiger partial charge in [-0.2, -0.15) is 0 Å². The number of rotatable bonds is 7. The molecule has 9 nitrogen and oxygen atoms in total. The van der Waals surface area contributed by atoms with Gasteiger partial charge in [0.05, 0.1) is 18.4 Å². The van der Waals surface area contributed by atoms with Crippen LogP contribution in [0.15, 0.2) is 71.0 Å². The molecule has 1 saturated heterocycles. The normalized spacial score (nSPS) is 19.9. The van der Waals surface area contributed by atoms with Crippen molar-refractivity contribution < 1.29 is 18.3 Å². The van der Waals surface area contributed by atoms with E-state index >= 15 is 0 Å². The number of aromatic nitrogens is 2. The minimum absolute atomic E-state index is 0.0192. The fourth-order valence-electron chi connectivity index (χ4n) is 6.06. The van der Waals surface area contributed by atoms with Gasteiger partial charge in [0, 0.05) is 30.0 Å². The Labute approximate surface area is 236 Å². The zero-order valence-electron chi connectivity index (χ0n) is 22.3. The van der Waals surface area contributed by atoms with Gasteiger partial charge in [-0.15, -0.1) is 0 Å². The van der Waals surface area contributed by atoms with E-state index in [9.17, 15) is 13.6 Å². The molecule has 11 heteroatoms. The molecule has 1 aromatic heterocycles. The first kappa shape index (κ1) is 26.5. The highest BCUT2D eigenvalue weighted by Crippen LogP contribution is 2.47. The van der Waals surface area contributed by atoms with Gasteiger partial charge in [-0.25, -0.2) is 23.7 Å². The third-order valence-electron chi connectivity index (χ3n) is 7.85. The molecule has 2 aliphatic heterocycles. The SMILES string of the molecule is C=Nc1nc(C(=N)NC=O)nc(-c2cccc(C(F)F)c2)c1N1CC2CCCC3=C2N(C1)[C@H](c1ccccc1)CO3. The predicted octanol–water partition coefficient (Wildman–Crippen LogP) is 5.35. The van der Waals surface area contributed by atoms with E-state index in [1.54, 1.807) is 12.1 Å². The van der Waals surface area contributed by atoms with E-state index in [2.05, 4.69) is 48.9 Å². The summed E-state index contributed by atoms with van der Waals surface area (Å²) in [7, 11) is 0. The van der Waals surface area contributed by atoms with Crippen molar-refractivity contribution in [2.75, 3.05) is 24.7 Å². The van der Waals surface area contributed by atoms with Gasteiger partial charge >= 0.3 is 0 Å². The van der Waals surface area contributed by atoms with E-state index in [-0.39, 0.29) is 35.0 Å². The van der Waals surface area contributed by atoms with Crippen molar-refractivity contribution in [3.63, 3.8) is 0 Å². The number of hydrogen-bond acceptors (Lipinski definition) is 8. The average molecular weight is 558 g/mol. The number of carbonyl (C=O) groups is 1. The Morgan fingerprint density at radius 2 is 2.02 bits per heavy atom. The lowest BCUT2D eigenvalue weighted by molar-refractivity contribution is -0.108. The molecule has 3 heterocycles. The Hall–Kier alpha value is -4.67. The lowest BCUT2D eigenvalue weighted by Crippen LogP contribution is -2.53. The van der Waals surface area contributed by atoms with Gasteiger partial charge in [0.1, 0.15) is 23.7 Å². The van der Waals surface area contributed by atoms with Crippen LogP contribution in [-0.2, 0) is 9.53 Å². The molecule has 6 rings (SSSR count). The van der Waals surface area contributed by atoms with Crippen LogP contribution in [0, 0.1) is 11.3 Å². The number of carbonyl (C=O) groups excluding carboxylic acids is 1.